The second kappa shape index (κ2) is 12.2. The second-order valence-electron chi connectivity index (χ2n) is 10.7. The van der Waals surface area contributed by atoms with E-state index in [1.165, 1.54) is 6.07 Å². The zero-order valence-corrected chi connectivity index (χ0v) is 25.2. The van der Waals surface area contributed by atoms with Crippen molar-refractivity contribution < 1.29 is 18.9 Å². The van der Waals surface area contributed by atoms with E-state index in [0.717, 1.165) is 36.6 Å². The van der Waals surface area contributed by atoms with E-state index in [0.29, 0.717) is 52.0 Å². The van der Waals surface area contributed by atoms with Crippen LogP contribution in [0.2, 0.25) is 5.02 Å². The Morgan fingerprint density at radius 1 is 0.907 bits per heavy atom. The first-order valence-corrected chi connectivity index (χ1v) is 16.0. The Labute approximate surface area is 255 Å². The topological polar surface area (TPSA) is 134 Å². The summed E-state index contributed by atoms with van der Waals surface area (Å²) in [6, 6.07) is 22.0. The second-order valence-corrected chi connectivity index (χ2v) is 12.8. The van der Waals surface area contributed by atoms with Crippen molar-refractivity contribution in [1.82, 2.24) is 15.0 Å². The fourth-order valence-corrected chi connectivity index (χ4v) is 6.99. The highest BCUT2D eigenvalue weighted by Crippen LogP contribution is 2.40. The molecular weight excluding hydrogens is 584 g/mol. The number of benzene rings is 3. The normalized spacial score (nSPS) is 17.0. The van der Waals surface area contributed by atoms with Crippen LogP contribution in [0.15, 0.2) is 90.1 Å². The van der Waals surface area contributed by atoms with Crippen molar-refractivity contribution in [2.24, 2.45) is 0 Å². The van der Waals surface area contributed by atoms with Gasteiger partial charge in [0.1, 0.15) is 10.6 Å². The van der Waals surface area contributed by atoms with Crippen LogP contribution in [0.5, 0.6) is 11.6 Å². The number of ether oxygens (including phenoxy) is 1. The number of halogens is 1. The Hall–Kier alpha value is -4.25. The number of fused-ring (bicyclic) bond motifs is 1. The number of sulfonamides is 1. The predicted molar refractivity (Wildman–Crippen MR) is 169 cm³/mol. The third-order valence-corrected chi connectivity index (χ3v) is 9.50. The van der Waals surface area contributed by atoms with Gasteiger partial charge in [0.25, 0.3) is 10.0 Å². The fraction of sp³-hybridized carbons (Fsp3) is 0.219. The predicted octanol–water partition coefficient (Wildman–Crippen LogP) is 6.21. The van der Waals surface area contributed by atoms with Gasteiger partial charge in [-0.2, -0.15) is 0 Å². The van der Waals surface area contributed by atoms with E-state index >= 15 is 0 Å². The number of nitrogens with zero attached hydrogens (tertiary/aromatic N) is 3. The molecule has 3 aromatic carbocycles. The van der Waals surface area contributed by atoms with E-state index in [2.05, 4.69) is 25.7 Å². The van der Waals surface area contributed by atoms with Crippen molar-refractivity contribution in [3.63, 3.8) is 0 Å². The van der Waals surface area contributed by atoms with Gasteiger partial charge in [-0.05, 0) is 61.7 Å². The summed E-state index contributed by atoms with van der Waals surface area (Å²) in [5.41, 5.74) is 6.71. The van der Waals surface area contributed by atoms with E-state index in [1.54, 1.807) is 36.7 Å². The molecule has 0 saturated heterocycles. The lowest BCUT2D eigenvalue weighted by molar-refractivity contribution is -0.425. The van der Waals surface area contributed by atoms with E-state index < -0.39 is 10.0 Å². The van der Waals surface area contributed by atoms with Gasteiger partial charge in [-0.15, -0.1) is 0 Å². The van der Waals surface area contributed by atoms with Gasteiger partial charge >= 0.3 is 0 Å². The first-order chi connectivity index (χ1) is 20.8. The van der Waals surface area contributed by atoms with Gasteiger partial charge in [0, 0.05) is 42.0 Å². The molecule has 0 bridgehead atoms. The number of hydrogen-bond donors (Lipinski definition) is 3. The molecule has 2 heterocycles. The zero-order valence-electron chi connectivity index (χ0n) is 23.6. The number of rotatable bonds is 8. The third-order valence-electron chi connectivity index (χ3n) is 7.63. The molecule has 0 spiro atoms. The maximum absolute atomic E-state index is 13.3. The van der Waals surface area contributed by atoms with Crippen LogP contribution >= 0.6 is 11.6 Å². The smallest absolute Gasteiger partial charge is 0.263 e. The molecule has 2 aromatic heterocycles. The van der Waals surface area contributed by atoms with Gasteiger partial charge in [-0.3, -0.25) is 4.72 Å². The Morgan fingerprint density at radius 2 is 1.65 bits per heavy atom. The number of aromatic nitrogens is 3. The summed E-state index contributed by atoms with van der Waals surface area (Å²) in [6.45, 7) is 1.87. The first kappa shape index (κ1) is 28.9. The minimum absolute atomic E-state index is 0.00520. The van der Waals surface area contributed by atoms with Crippen molar-refractivity contribution in [3.05, 3.63) is 95.8 Å². The van der Waals surface area contributed by atoms with Crippen LogP contribution < -0.4 is 20.5 Å². The van der Waals surface area contributed by atoms with Gasteiger partial charge in [0.15, 0.2) is 0 Å². The first-order valence-electron chi connectivity index (χ1n) is 14.1. The molecule has 6 rings (SSSR count). The zero-order chi connectivity index (χ0) is 30.0. The summed E-state index contributed by atoms with van der Waals surface area (Å²) in [4.78, 5) is 13.8. The van der Waals surface area contributed by atoms with Crippen molar-refractivity contribution in [3.8, 4) is 22.9 Å². The standard InChI is InChI=1S/C32H31ClN6O3S/c1-20-19-28(39-43(40,41)29-11-5-4-10-26(29)33)23-7-2-3-8-24(23)30(20)42-31-25(9-6-17-35-31)27-16-18-36-32(38-27)37-22-14-12-21(34)13-15-22/h2-11,16-19,21-22,39H,12-15,34H2,1H3,(H,36,37,38)/p+1. The average Bonchev–Trinajstić information content (AvgIpc) is 3.00. The molecule has 11 heteroatoms. The van der Waals surface area contributed by atoms with Crippen molar-refractivity contribution >= 4 is 44.0 Å². The molecule has 0 unspecified atom stereocenters. The number of anilines is 2. The number of quaternary nitrogens is 1. The van der Waals surface area contributed by atoms with Crippen LogP contribution in [-0.4, -0.2) is 35.5 Å². The summed E-state index contributed by atoms with van der Waals surface area (Å²) in [5, 5.41) is 5.02. The van der Waals surface area contributed by atoms with Crippen LogP contribution in [0.1, 0.15) is 31.2 Å². The van der Waals surface area contributed by atoms with E-state index in [1.807, 2.05) is 49.4 Å². The minimum atomic E-state index is -3.94. The maximum Gasteiger partial charge on any atom is 0.263 e. The number of aryl methyl sites for hydroxylation is 1. The van der Waals surface area contributed by atoms with Crippen LogP contribution in [-0.2, 0) is 10.0 Å². The summed E-state index contributed by atoms with van der Waals surface area (Å²) in [6.07, 6.45) is 7.66. The van der Waals surface area contributed by atoms with Gasteiger partial charge < -0.3 is 15.8 Å². The summed E-state index contributed by atoms with van der Waals surface area (Å²) < 4.78 is 35.8. The van der Waals surface area contributed by atoms with Crippen LogP contribution in [0.3, 0.4) is 0 Å². The lowest BCUT2D eigenvalue weighted by Gasteiger charge is -2.25. The number of nitrogens with one attached hydrogen (secondary N) is 2. The minimum Gasteiger partial charge on any atom is -0.437 e. The molecule has 5 N–H and O–H groups in total. The number of pyridine rings is 1. The lowest BCUT2D eigenvalue weighted by atomic mass is 9.92. The Bertz CT molecular complexity index is 1890. The maximum atomic E-state index is 13.3. The van der Waals surface area contributed by atoms with Crippen LogP contribution in [0.25, 0.3) is 22.0 Å². The van der Waals surface area contributed by atoms with Crippen molar-refractivity contribution in [2.75, 3.05) is 10.0 Å². The van der Waals surface area contributed by atoms with E-state index in [-0.39, 0.29) is 9.92 Å². The molecule has 0 aliphatic heterocycles. The molecule has 0 atom stereocenters. The molecule has 1 aliphatic rings. The molecular formula is C32H32ClN6O3S+. The highest BCUT2D eigenvalue weighted by molar-refractivity contribution is 7.92. The van der Waals surface area contributed by atoms with E-state index in [4.69, 9.17) is 21.3 Å². The van der Waals surface area contributed by atoms with E-state index in [9.17, 15) is 8.42 Å². The SMILES string of the molecule is Cc1cc(NS(=O)(=O)c2ccccc2Cl)c2ccccc2c1Oc1ncccc1-c1ccnc(NC2CCC([NH3+])CC2)n1. The molecule has 9 nitrogen and oxygen atoms in total. The quantitative estimate of drug-likeness (QED) is 0.189. The molecule has 1 fully saturated rings. The van der Waals surface area contributed by atoms with Crippen LogP contribution in [0.4, 0.5) is 11.6 Å². The fourth-order valence-electron chi connectivity index (χ4n) is 5.40. The number of hydrogen-bond acceptors (Lipinski definition) is 7. The molecule has 43 heavy (non-hydrogen) atoms. The Kier molecular flexibility index (Phi) is 8.16. The highest BCUT2D eigenvalue weighted by Gasteiger charge is 2.23. The lowest BCUT2D eigenvalue weighted by Crippen LogP contribution is -2.62. The average molecular weight is 616 g/mol. The van der Waals surface area contributed by atoms with Crippen molar-refractivity contribution in [1.29, 1.82) is 0 Å². The van der Waals surface area contributed by atoms with Gasteiger partial charge in [0.05, 0.1) is 28.0 Å². The molecule has 5 aromatic rings. The van der Waals surface area contributed by atoms with Gasteiger partial charge in [0.2, 0.25) is 11.8 Å². The molecule has 1 saturated carbocycles. The molecule has 0 amide bonds. The Balaban J connectivity index is 1.33. The highest BCUT2D eigenvalue weighted by atomic mass is 35.5. The van der Waals surface area contributed by atoms with Gasteiger partial charge in [-0.1, -0.05) is 48.0 Å². The summed E-state index contributed by atoms with van der Waals surface area (Å²) in [5.74, 6) is 1.51. The summed E-state index contributed by atoms with van der Waals surface area (Å²) in [7, 11) is -3.94. The van der Waals surface area contributed by atoms with Crippen LogP contribution in [0, 0.1) is 6.92 Å². The molecule has 220 valence electrons. The van der Waals surface area contributed by atoms with Crippen molar-refractivity contribution in [2.45, 2.75) is 49.6 Å². The Morgan fingerprint density at radius 3 is 2.44 bits per heavy atom. The summed E-state index contributed by atoms with van der Waals surface area (Å²) >= 11 is 6.21. The molecule has 1 aliphatic carbocycles. The monoisotopic (exact) mass is 615 g/mol. The van der Waals surface area contributed by atoms with Gasteiger partial charge in [-0.25, -0.2) is 23.4 Å². The third kappa shape index (κ3) is 6.27. The molecule has 0 radical (unpaired) electrons. The largest absolute Gasteiger partial charge is 0.437 e.